The molecule has 0 unspecified atom stereocenters. The highest BCUT2D eigenvalue weighted by atomic mass is 19.1. The number of nitrogens with one attached hydrogen (secondary N) is 1. The third-order valence-electron chi connectivity index (χ3n) is 3.82. The van der Waals surface area contributed by atoms with Crippen molar-refractivity contribution in [2.24, 2.45) is 0 Å². The Balaban J connectivity index is 1.50. The van der Waals surface area contributed by atoms with Crippen LogP contribution in [0.3, 0.4) is 0 Å². The third kappa shape index (κ3) is 4.42. The molecule has 0 aliphatic carbocycles. The number of nitrogens with zero attached hydrogens (tertiary/aromatic N) is 2. The van der Waals surface area contributed by atoms with Gasteiger partial charge in [0.25, 0.3) is 0 Å². The van der Waals surface area contributed by atoms with Crippen LogP contribution in [-0.4, -0.2) is 22.2 Å². The van der Waals surface area contributed by atoms with E-state index in [0.29, 0.717) is 13.0 Å². The lowest BCUT2D eigenvalue weighted by Gasteiger charge is -2.05. The number of hydrogen-bond donors (Lipinski definition) is 1. The monoisotopic (exact) mass is 353 g/mol. The van der Waals surface area contributed by atoms with Gasteiger partial charge in [0, 0.05) is 30.6 Å². The predicted molar refractivity (Wildman–Crippen MR) is 95.7 cm³/mol. The Hall–Kier alpha value is -3.28. The summed E-state index contributed by atoms with van der Waals surface area (Å²) in [4.78, 5) is 11.8. The Bertz CT molecular complexity index is 883. The van der Waals surface area contributed by atoms with Crippen molar-refractivity contribution in [1.29, 1.82) is 0 Å². The summed E-state index contributed by atoms with van der Waals surface area (Å²) < 4.78 is 28.7. The predicted octanol–water partition coefficient (Wildman–Crippen LogP) is 3.52. The number of amides is 1. The van der Waals surface area contributed by atoms with Crippen molar-refractivity contribution >= 4 is 12.0 Å². The highest BCUT2D eigenvalue weighted by molar-refractivity contribution is 5.91. The van der Waals surface area contributed by atoms with Gasteiger partial charge in [-0.25, -0.2) is 13.5 Å². The van der Waals surface area contributed by atoms with Crippen molar-refractivity contribution in [1.82, 2.24) is 15.1 Å². The van der Waals surface area contributed by atoms with E-state index < -0.39 is 17.5 Å². The van der Waals surface area contributed by atoms with E-state index in [1.165, 1.54) is 6.07 Å². The van der Waals surface area contributed by atoms with Crippen molar-refractivity contribution < 1.29 is 13.6 Å². The molecule has 0 saturated carbocycles. The Morgan fingerprint density at radius 3 is 2.46 bits per heavy atom. The van der Waals surface area contributed by atoms with Gasteiger partial charge in [0.15, 0.2) is 0 Å². The maximum absolute atomic E-state index is 13.5. The second-order valence-corrected chi connectivity index (χ2v) is 5.63. The lowest BCUT2D eigenvalue weighted by molar-refractivity contribution is -0.116. The molecule has 1 amide bonds. The first-order chi connectivity index (χ1) is 12.6. The number of rotatable bonds is 6. The van der Waals surface area contributed by atoms with E-state index in [4.69, 9.17) is 0 Å². The van der Waals surface area contributed by atoms with Gasteiger partial charge in [0.1, 0.15) is 11.6 Å². The van der Waals surface area contributed by atoms with E-state index in [1.54, 1.807) is 10.9 Å². The normalized spacial score (nSPS) is 11.0. The molecule has 6 heteroatoms. The molecule has 26 heavy (non-hydrogen) atoms. The minimum Gasteiger partial charge on any atom is -0.352 e. The highest BCUT2D eigenvalue weighted by Gasteiger charge is 2.05. The van der Waals surface area contributed by atoms with Gasteiger partial charge in [-0.2, -0.15) is 5.10 Å². The van der Waals surface area contributed by atoms with Gasteiger partial charge in [-0.05, 0) is 48.4 Å². The molecule has 0 bridgehead atoms. The first-order valence-corrected chi connectivity index (χ1v) is 8.12. The van der Waals surface area contributed by atoms with Crippen LogP contribution in [0.25, 0.3) is 11.8 Å². The van der Waals surface area contributed by atoms with Crippen molar-refractivity contribution in [3.8, 4) is 5.69 Å². The molecule has 4 nitrogen and oxygen atoms in total. The minimum atomic E-state index is -0.702. The average molecular weight is 353 g/mol. The summed E-state index contributed by atoms with van der Waals surface area (Å²) >= 11 is 0. The van der Waals surface area contributed by atoms with Gasteiger partial charge in [-0.1, -0.05) is 18.2 Å². The number of aromatic nitrogens is 2. The van der Waals surface area contributed by atoms with E-state index in [9.17, 15) is 13.6 Å². The Kier molecular flexibility index (Phi) is 5.53. The quantitative estimate of drug-likeness (QED) is 0.689. The summed E-state index contributed by atoms with van der Waals surface area (Å²) in [6, 6.07) is 13.3. The first-order valence-electron chi connectivity index (χ1n) is 8.12. The van der Waals surface area contributed by atoms with E-state index in [0.717, 1.165) is 35.5 Å². The molecule has 0 radical (unpaired) electrons. The maximum atomic E-state index is 13.5. The number of halogens is 2. The Morgan fingerprint density at radius 1 is 1.08 bits per heavy atom. The fourth-order valence-corrected chi connectivity index (χ4v) is 2.45. The molecule has 0 saturated heterocycles. The van der Waals surface area contributed by atoms with E-state index >= 15 is 0 Å². The largest absolute Gasteiger partial charge is 0.352 e. The van der Waals surface area contributed by atoms with Crippen LogP contribution in [0.2, 0.25) is 0 Å². The second kappa shape index (κ2) is 8.20. The van der Waals surface area contributed by atoms with Gasteiger partial charge in [-0.15, -0.1) is 0 Å². The zero-order valence-electron chi connectivity index (χ0n) is 13.9. The minimum absolute atomic E-state index is 0.225. The SMILES string of the molecule is O=C(C=Cc1c(F)cccc1F)NCCc1ccc(-n2cccn2)cc1. The van der Waals surface area contributed by atoms with Crippen LogP contribution in [0.15, 0.2) is 67.0 Å². The fraction of sp³-hybridized carbons (Fsp3) is 0.100. The lowest BCUT2D eigenvalue weighted by atomic mass is 10.1. The van der Waals surface area contributed by atoms with E-state index in [1.807, 2.05) is 36.5 Å². The maximum Gasteiger partial charge on any atom is 0.244 e. The molecule has 1 heterocycles. The number of carbonyl (C=O) groups excluding carboxylic acids is 1. The molecule has 0 atom stereocenters. The smallest absolute Gasteiger partial charge is 0.244 e. The van der Waals surface area contributed by atoms with Crippen molar-refractivity contribution in [3.05, 3.63) is 89.8 Å². The highest BCUT2D eigenvalue weighted by Crippen LogP contribution is 2.13. The molecule has 0 aliphatic heterocycles. The van der Waals surface area contributed by atoms with Crippen molar-refractivity contribution in [3.63, 3.8) is 0 Å². The number of benzene rings is 2. The molecular formula is C20H17F2N3O. The van der Waals surface area contributed by atoms with E-state index in [2.05, 4.69) is 10.4 Å². The number of carbonyl (C=O) groups is 1. The molecule has 0 spiro atoms. The summed E-state index contributed by atoms with van der Waals surface area (Å²) in [5, 5.41) is 6.85. The van der Waals surface area contributed by atoms with Crippen LogP contribution >= 0.6 is 0 Å². The summed E-state index contributed by atoms with van der Waals surface area (Å²) in [5.74, 6) is -1.81. The van der Waals surface area contributed by atoms with Gasteiger partial charge < -0.3 is 5.32 Å². The van der Waals surface area contributed by atoms with Gasteiger partial charge in [0.2, 0.25) is 5.91 Å². The zero-order valence-corrected chi connectivity index (χ0v) is 13.9. The topological polar surface area (TPSA) is 46.9 Å². The first kappa shape index (κ1) is 17.5. The summed E-state index contributed by atoms with van der Waals surface area (Å²) in [5.41, 5.74) is 1.79. The molecule has 1 aromatic heterocycles. The Labute approximate surface area is 149 Å². The molecule has 2 aromatic carbocycles. The lowest BCUT2D eigenvalue weighted by Crippen LogP contribution is -2.23. The van der Waals surface area contributed by atoms with Crippen molar-refractivity contribution in [2.45, 2.75) is 6.42 Å². The second-order valence-electron chi connectivity index (χ2n) is 5.63. The van der Waals surface area contributed by atoms with Crippen LogP contribution in [-0.2, 0) is 11.2 Å². The van der Waals surface area contributed by atoms with Crippen LogP contribution in [0.1, 0.15) is 11.1 Å². The molecule has 132 valence electrons. The molecule has 3 rings (SSSR count). The standard InChI is InChI=1S/C20H17F2N3O/c21-18-3-1-4-19(22)17(18)9-10-20(26)23-13-11-15-5-7-16(8-6-15)25-14-2-12-24-25/h1-10,12,14H,11,13H2,(H,23,26). The van der Waals surface area contributed by atoms with Gasteiger partial charge in [0.05, 0.1) is 5.69 Å². The van der Waals surface area contributed by atoms with Gasteiger partial charge in [-0.3, -0.25) is 4.79 Å². The number of hydrogen-bond acceptors (Lipinski definition) is 2. The average Bonchev–Trinajstić information content (AvgIpc) is 3.16. The molecule has 0 fully saturated rings. The molecular weight excluding hydrogens is 336 g/mol. The zero-order chi connectivity index (χ0) is 18.4. The van der Waals surface area contributed by atoms with Crippen LogP contribution < -0.4 is 5.32 Å². The van der Waals surface area contributed by atoms with Crippen LogP contribution in [0.4, 0.5) is 8.78 Å². The molecule has 0 aliphatic rings. The summed E-state index contributed by atoms with van der Waals surface area (Å²) in [6.07, 6.45) is 6.48. The van der Waals surface area contributed by atoms with E-state index in [-0.39, 0.29) is 5.56 Å². The summed E-state index contributed by atoms with van der Waals surface area (Å²) in [7, 11) is 0. The summed E-state index contributed by atoms with van der Waals surface area (Å²) in [6.45, 7) is 0.421. The molecule has 3 aromatic rings. The van der Waals surface area contributed by atoms with Crippen LogP contribution in [0, 0.1) is 11.6 Å². The van der Waals surface area contributed by atoms with Gasteiger partial charge >= 0.3 is 0 Å². The Morgan fingerprint density at radius 2 is 1.81 bits per heavy atom. The third-order valence-corrected chi connectivity index (χ3v) is 3.82. The van der Waals surface area contributed by atoms with Crippen LogP contribution in [0.5, 0.6) is 0 Å². The molecule has 1 N–H and O–H groups in total. The fourth-order valence-electron chi connectivity index (χ4n) is 2.45. The van der Waals surface area contributed by atoms with Crippen molar-refractivity contribution in [2.75, 3.05) is 6.54 Å².